The number of methoxy groups -OCH3 is 1. The summed E-state index contributed by atoms with van der Waals surface area (Å²) in [5, 5.41) is 8.55. The van der Waals surface area contributed by atoms with E-state index in [1.165, 1.54) is 5.56 Å². The SMILES string of the molecule is COc1cccc(Cl)c1CNC(C)c1cn(C)nc1C. The highest BCUT2D eigenvalue weighted by atomic mass is 35.5. The minimum atomic E-state index is 0.199. The molecule has 0 fully saturated rings. The summed E-state index contributed by atoms with van der Waals surface area (Å²) in [6, 6.07) is 5.88. The summed E-state index contributed by atoms with van der Waals surface area (Å²) < 4.78 is 7.18. The van der Waals surface area contributed by atoms with Gasteiger partial charge in [0.2, 0.25) is 0 Å². The van der Waals surface area contributed by atoms with Crippen molar-refractivity contribution in [1.29, 1.82) is 0 Å². The molecule has 0 saturated carbocycles. The van der Waals surface area contributed by atoms with E-state index in [0.29, 0.717) is 11.6 Å². The third-order valence-corrected chi connectivity index (χ3v) is 3.75. The van der Waals surface area contributed by atoms with Crippen molar-refractivity contribution in [3.8, 4) is 5.75 Å². The largest absolute Gasteiger partial charge is 0.496 e. The Morgan fingerprint density at radius 1 is 1.45 bits per heavy atom. The van der Waals surface area contributed by atoms with Crippen LogP contribution in [-0.4, -0.2) is 16.9 Å². The molecule has 0 bridgehead atoms. The van der Waals surface area contributed by atoms with Crippen LogP contribution in [0.3, 0.4) is 0 Å². The van der Waals surface area contributed by atoms with Crippen molar-refractivity contribution in [2.45, 2.75) is 26.4 Å². The van der Waals surface area contributed by atoms with E-state index in [-0.39, 0.29) is 6.04 Å². The maximum atomic E-state index is 6.24. The van der Waals surface area contributed by atoms with Gasteiger partial charge in [0, 0.05) is 42.0 Å². The van der Waals surface area contributed by atoms with Crippen molar-refractivity contribution < 1.29 is 4.74 Å². The third kappa shape index (κ3) is 3.14. The first-order valence-electron chi connectivity index (χ1n) is 6.57. The predicted octanol–water partition coefficient (Wildman–Crippen LogP) is 3.24. The van der Waals surface area contributed by atoms with Gasteiger partial charge in [0.15, 0.2) is 0 Å². The maximum Gasteiger partial charge on any atom is 0.124 e. The minimum absolute atomic E-state index is 0.199. The second-order valence-electron chi connectivity index (χ2n) is 4.87. The van der Waals surface area contributed by atoms with E-state index < -0.39 is 0 Å². The Bertz CT molecular complexity index is 595. The Morgan fingerprint density at radius 2 is 2.20 bits per heavy atom. The number of rotatable bonds is 5. The van der Waals surface area contributed by atoms with Gasteiger partial charge in [0.25, 0.3) is 0 Å². The summed E-state index contributed by atoms with van der Waals surface area (Å²) in [5.74, 6) is 0.806. The van der Waals surface area contributed by atoms with Crippen LogP contribution in [0.25, 0.3) is 0 Å². The normalized spacial score (nSPS) is 12.4. The van der Waals surface area contributed by atoms with Gasteiger partial charge in [-0.3, -0.25) is 4.68 Å². The van der Waals surface area contributed by atoms with Crippen LogP contribution in [0.4, 0.5) is 0 Å². The lowest BCUT2D eigenvalue weighted by Gasteiger charge is -2.16. The highest BCUT2D eigenvalue weighted by Crippen LogP contribution is 2.27. The summed E-state index contributed by atoms with van der Waals surface area (Å²) in [6.45, 7) is 4.79. The average molecular weight is 294 g/mol. The van der Waals surface area contributed by atoms with E-state index in [2.05, 4.69) is 17.3 Å². The van der Waals surface area contributed by atoms with Gasteiger partial charge in [0.1, 0.15) is 5.75 Å². The molecule has 0 radical (unpaired) electrons. The molecule has 1 N–H and O–H groups in total. The zero-order valence-electron chi connectivity index (χ0n) is 12.3. The maximum absolute atomic E-state index is 6.24. The lowest BCUT2D eigenvalue weighted by Crippen LogP contribution is -2.19. The fraction of sp³-hybridized carbons (Fsp3) is 0.400. The second-order valence-corrected chi connectivity index (χ2v) is 5.27. The monoisotopic (exact) mass is 293 g/mol. The lowest BCUT2D eigenvalue weighted by molar-refractivity contribution is 0.406. The van der Waals surface area contributed by atoms with Crippen LogP contribution in [0, 0.1) is 6.92 Å². The van der Waals surface area contributed by atoms with Crippen LogP contribution in [0.2, 0.25) is 5.02 Å². The molecule has 0 aliphatic carbocycles. The summed E-state index contributed by atoms with van der Waals surface area (Å²) in [7, 11) is 3.59. The van der Waals surface area contributed by atoms with Crippen molar-refractivity contribution in [3.05, 3.63) is 46.2 Å². The van der Waals surface area contributed by atoms with Crippen molar-refractivity contribution in [2.24, 2.45) is 7.05 Å². The van der Waals surface area contributed by atoms with E-state index in [1.54, 1.807) is 7.11 Å². The second kappa shape index (κ2) is 6.29. The topological polar surface area (TPSA) is 39.1 Å². The van der Waals surface area contributed by atoms with Gasteiger partial charge in [-0.05, 0) is 26.0 Å². The molecule has 0 aliphatic heterocycles. The molecule has 2 aromatic rings. The number of nitrogens with zero attached hydrogens (tertiary/aromatic N) is 2. The zero-order chi connectivity index (χ0) is 14.7. The van der Waals surface area contributed by atoms with Gasteiger partial charge in [-0.15, -0.1) is 0 Å². The highest BCUT2D eigenvalue weighted by molar-refractivity contribution is 6.31. The quantitative estimate of drug-likeness (QED) is 0.920. The Labute approximate surface area is 124 Å². The van der Waals surface area contributed by atoms with Crippen molar-refractivity contribution >= 4 is 11.6 Å². The molecule has 20 heavy (non-hydrogen) atoms. The van der Waals surface area contributed by atoms with Gasteiger partial charge < -0.3 is 10.1 Å². The molecule has 2 rings (SSSR count). The number of nitrogens with one attached hydrogen (secondary N) is 1. The van der Waals surface area contributed by atoms with Crippen LogP contribution in [0.1, 0.15) is 29.8 Å². The molecule has 4 nitrogen and oxygen atoms in total. The first-order chi connectivity index (χ1) is 9.52. The van der Waals surface area contributed by atoms with Gasteiger partial charge in [-0.1, -0.05) is 17.7 Å². The van der Waals surface area contributed by atoms with Crippen LogP contribution < -0.4 is 10.1 Å². The molecule has 1 atom stereocenters. The number of hydrogen-bond acceptors (Lipinski definition) is 3. The van der Waals surface area contributed by atoms with Crippen LogP contribution >= 0.6 is 11.6 Å². The molecule has 108 valence electrons. The standard InChI is InChI=1S/C15H20ClN3O/c1-10(13-9-19(3)18-11(13)2)17-8-12-14(16)6-5-7-15(12)20-4/h5-7,9-10,17H,8H2,1-4H3. The number of aromatic nitrogens is 2. The number of benzene rings is 1. The fourth-order valence-corrected chi connectivity index (χ4v) is 2.54. The average Bonchev–Trinajstić information content (AvgIpc) is 2.75. The Morgan fingerprint density at radius 3 is 2.80 bits per heavy atom. The van der Waals surface area contributed by atoms with Crippen molar-refractivity contribution in [2.75, 3.05) is 7.11 Å². The minimum Gasteiger partial charge on any atom is -0.496 e. The number of aryl methyl sites for hydroxylation is 2. The van der Waals surface area contributed by atoms with Crippen molar-refractivity contribution in [1.82, 2.24) is 15.1 Å². The zero-order valence-corrected chi connectivity index (χ0v) is 13.0. The van der Waals surface area contributed by atoms with Gasteiger partial charge in [-0.25, -0.2) is 0 Å². The van der Waals surface area contributed by atoms with E-state index >= 15 is 0 Å². The molecule has 1 unspecified atom stereocenters. The number of halogens is 1. The van der Waals surface area contributed by atoms with Gasteiger partial charge in [0.05, 0.1) is 12.8 Å². The fourth-order valence-electron chi connectivity index (χ4n) is 2.31. The van der Waals surface area contributed by atoms with E-state index in [1.807, 2.05) is 43.0 Å². The Balaban J connectivity index is 2.11. The summed E-state index contributed by atoms with van der Waals surface area (Å²) in [5.41, 5.74) is 3.21. The van der Waals surface area contributed by atoms with Crippen LogP contribution in [0.5, 0.6) is 5.75 Å². The Hall–Kier alpha value is -1.52. The molecule has 0 amide bonds. The molecule has 1 aromatic heterocycles. The van der Waals surface area contributed by atoms with Crippen LogP contribution in [0.15, 0.2) is 24.4 Å². The van der Waals surface area contributed by atoms with Crippen LogP contribution in [-0.2, 0) is 13.6 Å². The van der Waals surface area contributed by atoms with E-state index in [4.69, 9.17) is 16.3 Å². The summed E-state index contributed by atoms with van der Waals surface area (Å²) in [4.78, 5) is 0. The highest BCUT2D eigenvalue weighted by Gasteiger charge is 2.13. The lowest BCUT2D eigenvalue weighted by atomic mass is 10.1. The third-order valence-electron chi connectivity index (χ3n) is 3.40. The number of ether oxygens (including phenoxy) is 1. The summed E-state index contributed by atoms with van der Waals surface area (Å²) in [6.07, 6.45) is 2.04. The van der Waals surface area contributed by atoms with Gasteiger partial charge >= 0.3 is 0 Å². The predicted molar refractivity (Wildman–Crippen MR) is 81.2 cm³/mol. The number of hydrogen-bond donors (Lipinski definition) is 1. The molecule has 1 aromatic carbocycles. The Kier molecular flexibility index (Phi) is 4.68. The molecular formula is C15H20ClN3O. The van der Waals surface area contributed by atoms with Crippen molar-refractivity contribution in [3.63, 3.8) is 0 Å². The smallest absolute Gasteiger partial charge is 0.124 e. The van der Waals surface area contributed by atoms with E-state index in [0.717, 1.165) is 17.0 Å². The molecule has 5 heteroatoms. The van der Waals surface area contributed by atoms with E-state index in [9.17, 15) is 0 Å². The summed E-state index contributed by atoms with van der Waals surface area (Å²) >= 11 is 6.24. The first kappa shape index (κ1) is 14.9. The molecule has 0 saturated heterocycles. The van der Waals surface area contributed by atoms with Gasteiger partial charge in [-0.2, -0.15) is 5.10 Å². The molecular weight excluding hydrogens is 274 g/mol. The molecule has 0 spiro atoms. The molecule has 0 aliphatic rings. The first-order valence-corrected chi connectivity index (χ1v) is 6.95. The molecule has 1 heterocycles.